The Kier molecular flexibility index (Phi) is 5.51. The Hall–Kier alpha value is -4.53. The monoisotopic (exact) mass is 455 g/mol. The molecule has 9 nitrogen and oxygen atoms in total. The Morgan fingerprint density at radius 3 is 2.29 bits per heavy atom. The quantitative estimate of drug-likeness (QED) is 0.322. The molecule has 3 aromatic carbocycles. The molecule has 5 rings (SSSR count). The number of hydrogen-bond acceptors (Lipinski definition) is 6. The summed E-state index contributed by atoms with van der Waals surface area (Å²) in [6.07, 6.45) is 2.01. The Labute approximate surface area is 195 Å². The van der Waals surface area contributed by atoms with Crippen LogP contribution >= 0.6 is 0 Å². The molecule has 0 spiro atoms. The van der Waals surface area contributed by atoms with Crippen molar-refractivity contribution in [2.24, 2.45) is 0 Å². The molecule has 2 atom stereocenters. The number of ether oxygens (including phenoxy) is 1. The van der Waals surface area contributed by atoms with E-state index in [1.807, 2.05) is 54.6 Å². The van der Waals surface area contributed by atoms with Gasteiger partial charge in [-0.05, 0) is 41.8 Å². The molecule has 0 aliphatic carbocycles. The summed E-state index contributed by atoms with van der Waals surface area (Å²) in [6, 6.07) is 22.7. The highest BCUT2D eigenvalue weighted by Gasteiger charge is 2.39. The number of aromatic nitrogens is 3. The molecule has 1 aliphatic heterocycles. The maximum absolute atomic E-state index is 13.7. The fourth-order valence-electron chi connectivity index (χ4n) is 4.35. The Balaban J connectivity index is 1.59. The van der Waals surface area contributed by atoms with Gasteiger partial charge in [-0.15, -0.1) is 0 Å². The van der Waals surface area contributed by atoms with Gasteiger partial charge in [-0.3, -0.25) is 19.8 Å². The normalized spacial score (nSPS) is 17.1. The van der Waals surface area contributed by atoms with Crippen LogP contribution in [0.25, 0.3) is 0 Å². The Morgan fingerprint density at radius 1 is 0.971 bits per heavy atom. The van der Waals surface area contributed by atoms with Gasteiger partial charge in [0.15, 0.2) is 0 Å². The van der Waals surface area contributed by atoms with Gasteiger partial charge in [-0.25, -0.2) is 4.68 Å². The van der Waals surface area contributed by atoms with Crippen LogP contribution in [-0.2, 0) is 0 Å². The van der Waals surface area contributed by atoms with E-state index < -0.39 is 4.92 Å². The van der Waals surface area contributed by atoms with Crippen LogP contribution in [0.2, 0.25) is 0 Å². The summed E-state index contributed by atoms with van der Waals surface area (Å²) in [7, 11) is 1.62. The van der Waals surface area contributed by atoms with E-state index >= 15 is 0 Å². The first-order chi connectivity index (χ1) is 16.6. The van der Waals surface area contributed by atoms with Crippen molar-refractivity contribution in [2.75, 3.05) is 12.0 Å². The summed E-state index contributed by atoms with van der Waals surface area (Å²) >= 11 is 0. The standard InChI is InChI=1S/C25H21N5O4/c1-34-21-13-9-18(10-14-21)23-15-22(17-5-3-2-4-6-17)28(25-26-16-27-29(23)25)24(31)19-7-11-20(12-8-19)30(32)33/h2-14,16,22-23H,15H2,1H3/t22-,23-/m0/s1. The van der Waals surface area contributed by atoms with Gasteiger partial charge in [0.25, 0.3) is 11.6 Å². The summed E-state index contributed by atoms with van der Waals surface area (Å²) in [4.78, 5) is 30.3. The highest BCUT2D eigenvalue weighted by atomic mass is 16.6. The first-order valence-corrected chi connectivity index (χ1v) is 10.7. The van der Waals surface area contributed by atoms with Crippen LogP contribution in [0.4, 0.5) is 11.6 Å². The van der Waals surface area contributed by atoms with Crippen molar-refractivity contribution < 1.29 is 14.5 Å². The molecule has 0 fully saturated rings. The fraction of sp³-hybridized carbons (Fsp3) is 0.160. The van der Waals surface area contributed by atoms with Gasteiger partial charge in [0, 0.05) is 17.7 Å². The predicted octanol–water partition coefficient (Wildman–Crippen LogP) is 4.58. The number of anilines is 1. The number of nitrogens with zero attached hydrogens (tertiary/aromatic N) is 5. The maximum atomic E-state index is 13.7. The number of fused-ring (bicyclic) bond motifs is 1. The predicted molar refractivity (Wildman–Crippen MR) is 125 cm³/mol. The van der Waals surface area contributed by atoms with Gasteiger partial charge in [-0.2, -0.15) is 10.1 Å². The summed E-state index contributed by atoms with van der Waals surface area (Å²) < 4.78 is 7.05. The van der Waals surface area contributed by atoms with E-state index in [4.69, 9.17) is 4.74 Å². The van der Waals surface area contributed by atoms with Gasteiger partial charge < -0.3 is 4.74 Å². The molecule has 2 heterocycles. The molecular formula is C25H21N5O4. The van der Waals surface area contributed by atoms with Crippen LogP contribution < -0.4 is 9.64 Å². The van der Waals surface area contributed by atoms with Crippen LogP contribution in [0, 0.1) is 10.1 Å². The number of benzene rings is 3. The number of rotatable bonds is 5. The topological polar surface area (TPSA) is 103 Å². The number of carbonyl (C=O) groups is 1. The van der Waals surface area contributed by atoms with Crippen molar-refractivity contribution in [3.8, 4) is 5.75 Å². The van der Waals surface area contributed by atoms with Crippen molar-refractivity contribution in [3.63, 3.8) is 0 Å². The van der Waals surface area contributed by atoms with Crippen molar-refractivity contribution in [1.82, 2.24) is 14.8 Å². The Bertz CT molecular complexity index is 1320. The van der Waals surface area contributed by atoms with Gasteiger partial charge >= 0.3 is 0 Å². The molecule has 0 saturated heterocycles. The molecule has 1 aromatic heterocycles. The van der Waals surface area contributed by atoms with E-state index in [1.54, 1.807) is 16.7 Å². The molecule has 0 saturated carbocycles. The lowest BCUT2D eigenvalue weighted by Crippen LogP contribution is -2.42. The molecule has 9 heteroatoms. The molecule has 1 aliphatic rings. The fourth-order valence-corrected chi connectivity index (χ4v) is 4.35. The van der Waals surface area contributed by atoms with Crippen molar-refractivity contribution in [1.29, 1.82) is 0 Å². The van der Waals surface area contributed by atoms with Crippen molar-refractivity contribution in [2.45, 2.75) is 18.5 Å². The number of nitro benzene ring substituents is 1. The van der Waals surface area contributed by atoms with Crippen LogP contribution in [0.5, 0.6) is 5.75 Å². The maximum Gasteiger partial charge on any atom is 0.269 e. The molecule has 170 valence electrons. The lowest BCUT2D eigenvalue weighted by molar-refractivity contribution is -0.384. The summed E-state index contributed by atoms with van der Waals surface area (Å²) in [6.45, 7) is 0. The largest absolute Gasteiger partial charge is 0.497 e. The average molecular weight is 455 g/mol. The zero-order valence-corrected chi connectivity index (χ0v) is 18.3. The number of nitro groups is 1. The zero-order valence-electron chi connectivity index (χ0n) is 18.3. The van der Waals surface area contributed by atoms with Crippen LogP contribution in [0.1, 0.15) is 40.0 Å². The summed E-state index contributed by atoms with van der Waals surface area (Å²) in [5.41, 5.74) is 2.25. The van der Waals surface area contributed by atoms with E-state index in [0.29, 0.717) is 17.9 Å². The van der Waals surface area contributed by atoms with E-state index in [-0.39, 0.29) is 23.7 Å². The minimum atomic E-state index is -0.488. The first-order valence-electron chi connectivity index (χ1n) is 10.7. The molecule has 0 radical (unpaired) electrons. The van der Waals surface area contributed by atoms with Gasteiger partial charge in [0.1, 0.15) is 12.1 Å². The number of carbonyl (C=O) groups excluding carboxylic acids is 1. The second kappa shape index (κ2) is 8.78. The highest BCUT2D eigenvalue weighted by molar-refractivity contribution is 6.06. The van der Waals surface area contributed by atoms with Crippen LogP contribution in [0.3, 0.4) is 0 Å². The smallest absolute Gasteiger partial charge is 0.269 e. The molecule has 1 amide bonds. The number of methoxy groups -OCH3 is 1. The third-order valence-electron chi connectivity index (χ3n) is 6.05. The average Bonchev–Trinajstić information content (AvgIpc) is 3.38. The molecule has 0 unspecified atom stereocenters. The second-order valence-electron chi connectivity index (χ2n) is 7.93. The van der Waals surface area contributed by atoms with Gasteiger partial charge in [-0.1, -0.05) is 42.5 Å². The van der Waals surface area contributed by atoms with Gasteiger partial charge in [0.2, 0.25) is 5.95 Å². The SMILES string of the molecule is COc1ccc([C@@H]2C[C@@H](c3ccccc3)N(C(=O)c3ccc([N+](=O)[O-])cc3)c3ncnn32)cc1. The van der Waals surface area contributed by atoms with Crippen LogP contribution in [-0.4, -0.2) is 32.7 Å². The van der Waals surface area contributed by atoms with Crippen molar-refractivity contribution in [3.05, 3.63) is 112 Å². The molecule has 0 N–H and O–H groups in total. The lowest BCUT2D eigenvalue weighted by Gasteiger charge is -2.39. The summed E-state index contributed by atoms with van der Waals surface area (Å²) in [5.74, 6) is 0.878. The number of non-ortho nitro benzene ring substituents is 1. The van der Waals surface area contributed by atoms with E-state index in [9.17, 15) is 14.9 Å². The van der Waals surface area contributed by atoms with Crippen LogP contribution in [0.15, 0.2) is 85.2 Å². The van der Waals surface area contributed by atoms with Gasteiger partial charge in [0.05, 0.1) is 24.1 Å². The lowest BCUT2D eigenvalue weighted by atomic mass is 9.91. The van der Waals surface area contributed by atoms with E-state index in [2.05, 4.69) is 10.1 Å². The molecule has 0 bridgehead atoms. The van der Waals surface area contributed by atoms with E-state index in [0.717, 1.165) is 16.9 Å². The zero-order chi connectivity index (χ0) is 23.7. The molecule has 4 aromatic rings. The minimum absolute atomic E-state index is 0.0717. The molecule has 34 heavy (non-hydrogen) atoms. The highest BCUT2D eigenvalue weighted by Crippen LogP contribution is 2.42. The first kappa shape index (κ1) is 21.3. The number of amides is 1. The van der Waals surface area contributed by atoms with Crippen molar-refractivity contribution >= 4 is 17.5 Å². The Morgan fingerprint density at radius 2 is 1.65 bits per heavy atom. The van der Waals surface area contributed by atoms with E-state index in [1.165, 1.54) is 30.6 Å². The third-order valence-corrected chi connectivity index (χ3v) is 6.05. The molecular weight excluding hydrogens is 434 g/mol. The second-order valence-corrected chi connectivity index (χ2v) is 7.93. The number of hydrogen-bond donors (Lipinski definition) is 0. The summed E-state index contributed by atoms with van der Waals surface area (Å²) in [5, 5.41) is 15.5. The third kappa shape index (κ3) is 3.77. The minimum Gasteiger partial charge on any atom is -0.497 e.